The lowest BCUT2D eigenvalue weighted by Crippen LogP contribution is -2.36. The Morgan fingerprint density at radius 3 is 2.94 bits per heavy atom. The number of nitrogens with zero attached hydrogens (tertiary/aromatic N) is 1. The lowest BCUT2D eigenvalue weighted by molar-refractivity contribution is 0.177. The van der Waals surface area contributed by atoms with Crippen LogP contribution in [0.2, 0.25) is 0 Å². The van der Waals surface area contributed by atoms with Crippen LogP contribution in [0.4, 0.5) is 10.5 Å². The maximum absolute atomic E-state index is 11.6. The van der Waals surface area contributed by atoms with Crippen LogP contribution < -0.4 is 4.90 Å². The highest BCUT2D eigenvalue weighted by molar-refractivity contribution is 5.89. The molecule has 86 valence electrons. The summed E-state index contributed by atoms with van der Waals surface area (Å²) in [4.78, 5) is 13.4. The predicted molar refractivity (Wildman–Crippen MR) is 63.8 cm³/mol. The fourth-order valence-corrected chi connectivity index (χ4v) is 2.36. The highest BCUT2D eigenvalue weighted by Gasteiger charge is 2.27. The smallest absolute Gasteiger partial charge is 0.414 e. The summed E-state index contributed by atoms with van der Waals surface area (Å²) in [5.74, 6) is 0.567. The molecule has 1 aromatic rings. The molecular formula is C13H17NO2. The first-order valence-electron chi connectivity index (χ1n) is 5.72. The fraction of sp³-hybridized carbons (Fsp3) is 0.462. The summed E-state index contributed by atoms with van der Waals surface area (Å²) in [5.41, 5.74) is 2.27. The molecule has 0 fully saturated rings. The number of benzene rings is 1. The first-order valence-corrected chi connectivity index (χ1v) is 5.72. The largest absolute Gasteiger partial charge is 0.452 e. The van der Waals surface area contributed by atoms with Gasteiger partial charge >= 0.3 is 6.09 Å². The molecule has 0 aliphatic carbocycles. The molecule has 1 heterocycles. The SMILES string of the molecule is CCC1CCN(C(=O)OC)c2ccccc21. The second-order valence-corrected chi connectivity index (χ2v) is 4.07. The van der Waals surface area contributed by atoms with Crippen LogP contribution in [0.25, 0.3) is 0 Å². The summed E-state index contributed by atoms with van der Waals surface area (Å²) in [6, 6.07) is 8.10. The van der Waals surface area contributed by atoms with Gasteiger partial charge in [0.25, 0.3) is 0 Å². The summed E-state index contributed by atoms with van der Waals surface area (Å²) in [7, 11) is 1.43. The minimum atomic E-state index is -0.262. The van der Waals surface area contributed by atoms with Crippen LogP contribution in [0.1, 0.15) is 31.2 Å². The third-order valence-electron chi connectivity index (χ3n) is 3.26. The van der Waals surface area contributed by atoms with Gasteiger partial charge in [0, 0.05) is 6.54 Å². The van der Waals surface area contributed by atoms with E-state index < -0.39 is 0 Å². The molecule has 1 aliphatic rings. The van der Waals surface area contributed by atoms with Crippen molar-refractivity contribution in [2.75, 3.05) is 18.6 Å². The lowest BCUT2D eigenvalue weighted by atomic mass is 9.88. The minimum Gasteiger partial charge on any atom is -0.452 e. The number of ether oxygens (including phenoxy) is 1. The maximum atomic E-state index is 11.6. The molecule has 1 aliphatic heterocycles. The van der Waals surface area contributed by atoms with Crippen LogP contribution in [0.15, 0.2) is 24.3 Å². The van der Waals surface area contributed by atoms with Gasteiger partial charge in [0.05, 0.1) is 12.8 Å². The number of carbonyl (C=O) groups is 1. The van der Waals surface area contributed by atoms with Gasteiger partial charge in [-0.15, -0.1) is 0 Å². The Balaban J connectivity index is 2.38. The zero-order valence-corrected chi connectivity index (χ0v) is 9.77. The van der Waals surface area contributed by atoms with E-state index in [0.717, 1.165) is 25.1 Å². The van der Waals surface area contributed by atoms with Gasteiger partial charge in [-0.3, -0.25) is 4.90 Å². The number of methoxy groups -OCH3 is 1. The van der Waals surface area contributed by atoms with Gasteiger partial charge in [0.15, 0.2) is 0 Å². The molecule has 1 amide bonds. The number of hydrogen-bond acceptors (Lipinski definition) is 2. The first kappa shape index (κ1) is 11.0. The van der Waals surface area contributed by atoms with E-state index in [0.29, 0.717) is 5.92 Å². The van der Waals surface area contributed by atoms with Gasteiger partial charge in [-0.2, -0.15) is 0 Å². The Kier molecular flexibility index (Phi) is 3.13. The highest BCUT2D eigenvalue weighted by Crippen LogP contribution is 2.36. The lowest BCUT2D eigenvalue weighted by Gasteiger charge is -2.32. The molecule has 3 nitrogen and oxygen atoms in total. The molecule has 1 atom stereocenters. The molecule has 16 heavy (non-hydrogen) atoms. The summed E-state index contributed by atoms with van der Waals surface area (Å²) in [6.07, 6.45) is 1.87. The van der Waals surface area contributed by atoms with Crippen LogP contribution in [0.3, 0.4) is 0 Å². The molecular weight excluding hydrogens is 202 g/mol. The molecule has 0 aromatic heterocycles. The van der Waals surface area contributed by atoms with E-state index in [2.05, 4.69) is 13.0 Å². The van der Waals surface area contributed by atoms with Gasteiger partial charge in [0.2, 0.25) is 0 Å². The summed E-state index contributed by atoms with van der Waals surface area (Å²) in [6.45, 7) is 2.94. The van der Waals surface area contributed by atoms with Crippen molar-refractivity contribution < 1.29 is 9.53 Å². The Morgan fingerprint density at radius 1 is 1.50 bits per heavy atom. The van der Waals surface area contributed by atoms with E-state index >= 15 is 0 Å². The van der Waals surface area contributed by atoms with Crippen molar-refractivity contribution >= 4 is 11.8 Å². The molecule has 3 heteroatoms. The maximum Gasteiger partial charge on any atom is 0.414 e. The number of fused-ring (bicyclic) bond motifs is 1. The number of para-hydroxylation sites is 1. The van der Waals surface area contributed by atoms with Gasteiger partial charge in [-0.25, -0.2) is 4.79 Å². The second kappa shape index (κ2) is 4.56. The van der Waals surface area contributed by atoms with E-state index in [4.69, 9.17) is 4.74 Å². The fourth-order valence-electron chi connectivity index (χ4n) is 2.36. The van der Waals surface area contributed by atoms with E-state index in [1.54, 1.807) is 4.90 Å². The van der Waals surface area contributed by atoms with Crippen molar-refractivity contribution in [3.8, 4) is 0 Å². The van der Waals surface area contributed by atoms with Crippen LogP contribution in [0, 0.1) is 0 Å². The van der Waals surface area contributed by atoms with Crippen LogP contribution in [0.5, 0.6) is 0 Å². The monoisotopic (exact) mass is 219 g/mol. The third-order valence-corrected chi connectivity index (χ3v) is 3.26. The van der Waals surface area contributed by atoms with Crippen molar-refractivity contribution in [3.05, 3.63) is 29.8 Å². The normalized spacial score (nSPS) is 19.1. The molecule has 0 radical (unpaired) electrons. The van der Waals surface area contributed by atoms with Crippen LogP contribution in [-0.2, 0) is 4.74 Å². The topological polar surface area (TPSA) is 29.5 Å². The molecule has 1 aromatic carbocycles. The molecule has 2 rings (SSSR count). The zero-order valence-electron chi connectivity index (χ0n) is 9.77. The molecule has 1 unspecified atom stereocenters. The summed E-state index contributed by atoms with van der Waals surface area (Å²) < 4.78 is 4.80. The minimum absolute atomic E-state index is 0.262. The Morgan fingerprint density at radius 2 is 2.25 bits per heavy atom. The Bertz CT molecular complexity index is 389. The standard InChI is InChI=1S/C13H17NO2/c1-3-10-8-9-14(13(15)16-2)12-7-5-4-6-11(10)12/h4-7,10H,3,8-9H2,1-2H3. The van der Waals surface area contributed by atoms with Crippen molar-refractivity contribution in [2.45, 2.75) is 25.7 Å². The van der Waals surface area contributed by atoms with Crippen molar-refractivity contribution in [3.63, 3.8) is 0 Å². The molecule has 0 saturated carbocycles. The number of carbonyl (C=O) groups excluding carboxylic acids is 1. The molecule has 0 saturated heterocycles. The first-order chi connectivity index (χ1) is 7.77. The summed E-state index contributed by atoms with van der Waals surface area (Å²) in [5, 5.41) is 0. The predicted octanol–water partition coefficient (Wildman–Crippen LogP) is 3.16. The van der Waals surface area contributed by atoms with Gasteiger partial charge in [-0.05, 0) is 30.4 Å². The van der Waals surface area contributed by atoms with E-state index in [-0.39, 0.29) is 6.09 Å². The van der Waals surface area contributed by atoms with Crippen molar-refractivity contribution in [2.24, 2.45) is 0 Å². The van der Waals surface area contributed by atoms with Gasteiger partial charge in [0.1, 0.15) is 0 Å². The van der Waals surface area contributed by atoms with Crippen LogP contribution in [-0.4, -0.2) is 19.7 Å². The van der Waals surface area contributed by atoms with E-state index in [1.165, 1.54) is 12.7 Å². The average Bonchev–Trinajstić information content (AvgIpc) is 2.36. The quantitative estimate of drug-likeness (QED) is 0.726. The third kappa shape index (κ3) is 1.77. The molecule has 0 spiro atoms. The zero-order chi connectivity index (χ0) is 11.5. The number of anilines is 1. The van der Waals surface area contributed by atoms with Crippen molar-refractivity contribution in [1.82, 2.24) is 0 Å². The van der Waals surface area contributed by atoms with Gasteiger partial charge < -0.3 is 4.74 Å². The number of hydrogen-bond donors (Lipinski definition) is 0. The van der Waals surface area contributed by atoms with E-state index in [1.807, 2.05) is 18.2 Å². The number of amides is 1. The van der Waals surface area contributed by atoms with Crippen molar-refractivity contribution in [1.29, 1.82) is 0 Å². The van der Waals surface area contributed by atoms with E-state index in [9.17, 15) is 4.79 Å². The average molecular weight is 219 g/mol. The number of rotatable bonds is 1. The Labute approximate surface area is 96.0 Å². The highest BCUT2D eigenvalue weighted by atomic mass is 16.5. The molecule has 0 bridgehead atoms. The van der Waals surface area contributed by atoms with Crippen LogP contribution >= 0.6 is 0 Å². The summed E-state index contributed by atoms with van der Waals surface area (Å²) >= 11 is 0. The Hall–Kier alpha value is -1.51. The van der Waals surface area contributed by atoms with Gasteiger partial charge in [-0.1, -0.05) is 25.1 Å². The second-order valence-electron chi connectivity index (χ2n) is 4.07. The molecule has 0 N–H and O–H groups in total.